The van der Waals surface area contributed by atoms with Gasteiger partial charge in [0.2, 0.25) is 0 Å². The van der Waals surface area contributed by atoms with Crippen LogP contribution in [0.25, 0.3) is 0 Å². The van der Waals surface area contributed by atoms with Gasteiger partial charge in [-0.1, -0.05) is 6.42 Å². The Kier molecular flexibility index (Phi) is 6.00. The number of ether oxygens (including phenoxy) is 1. The van der Waals surface area contributed by atoms with Gasteiger partial charge in [0.15, 0.2) is 5.11 Å². The van der Waals surface area contributed by atoms with Crippen LogP contribution in [0.2, 0.25) is 0 Å². The molecule has 2 fully saturated rings. The fourth-order valence-corrected chi connectivity index (χ4v) is 4.74. The minimum atomic E-state index is -0.150. The van der Waals surface area contributed by atoms with Crippen LogP contribution in [0.15, 0.2) is 48.5 Å². The summed E-state index contributed by atoms with van der Waals surface area (Å²) in [5, 5.41) is 10.3. The summed E-state index contributed by atoms with van der Waals surface area (Å²) in [7, 11) is 0. The predicted octanol–water partition coefficient (Wildman–Crippen LogP) is 4.81. The third-order valence-corrected chi connectivity index (χ3v) is 6.10. The molecule has 152 valence electrons. The summed E-state index contributed by atoms with van der Waals surface area (Å²) in [6.07, 6.45) is 5.28. The second kappa shape index (κ2) is 8.82. The van der Waals surface area contributed by atoms with Crippen molar-refractivity contribution < 1.29 is 9.53 Å². The van der Waals surface area contributed by atoms with Crippen LogP contribution in [0.3, 0.4) is 0 Å². The summed E-state index contributed by atoms with van der Waals surface area (Å²) in [6, 6.07) is 15.2. The number of anilines is 2. The number of fused-ring (bicyclic) bond motifs is 2. The molecule has 2 aromatic carbocycles. The molecule has 0 saturated heterocycles. The van der Waals surface area contributed by atoms with E-state index in [0.29, 0.717) is 23.3 Å². The van der Waals surface area contributed by atoms with E-state index in [1.54, 1.807) is 12.1 Å². The lowest BCUT2D eigenvalue weighted by atomic mass is 9.96. The van der Waals surface area contributed by atoms with E-state index >= 15 is 0 Å². The molecule has 2 bridgehead atoms. The number of carbonyl (C=O) groups excluding carboxylic acids is 1. The van der Waals surface area contributed by atoms with Crippen molar-refractivity contribution >= 4 is 34.6 Å². The average molecular weight is 410 g/mol. The molecule has 2 aliphatic carbocycles. The molecule has 0 spiro atoms. The standard InChI is InChI=1S/C23H27N3O2S/c1-2-28-20-11-9-18(10-12-20)24-22(27)16-5-7-19(8-6-16)25-23(29)26-21-14-15-3-4-17(21)13-15/h5-12,15,17,21H,2-4,13-14H2,1H3,(H,24,27)(H2,25,26,29)/t15-,17-,21-/m1/s1. The van der Waals surface area contributed by atoms with Crippen molar-refractivity contribution in [3.63, 3.8) is 0 Å². The monoisotopic (exact) mass is 409 g/mol. The molecule has 0 unspecified atom stereocenters. The third-order valence-electron chi connectivity index (χ3n) is 5.88. The number of benzene rings is 2. The smallest absolute Gasteiger partial charge is 0.255 e. The summed E-state index contributed by atoms with van der Waals surface area (Å²) in [4.78, 5) is 12.5. The summed E-state index contributed by atoms with van der Waals surface area (Å²) in [5.41, 5.74) is 2.21. The number of hydrogen-bond acceptors (Lipinski definition) is 3. The molecule has 2 aromatic rings. The Balaban J connectivity index is 1.29. The second-order valence-electron chi connectivity index (χ2n) is 7.87. The van der Waals surface area contributed by atoms with Crippen LogP contribution in [0.4, 0.5) is 11.4 Å². The molecule has 3 atom stereocenters. The first-order chi connectivity index (χ1) is 14.1. The average Bonchev–Trinajstić information content (AvgIpc) is 3.33. The summed E-state index contributed by atoms with van der Waals surface area (Å²) < 4.78 is 5.42. The second-order valence-corrected chi connectivity index (χ2v) is 8.28. The van der Waals surface area contributed by atoms with Gasteiger partial charge in [0.1, 0.15) is 5.75 Å². The highest BCUT2D eigenvalue weighted by Crippen LogP contribution is 2.44. The lowest BCUT2D eigenvalue weighted by molar-refractivity contribution is 0.102. The topological polar surface area (TPSA) is 62.4 Å². The fraction of sp³-hybridized carbons (Fsp3) is 0.391. The molecule has 0 heterocycles. The number of nitrogens with one attached hydrogen (secondary N) is 3. The molecule has 2 aliphatic rings. The first-order valence-electron chi connectivity index (χ1n) is 10.3. The lowest BCUT2D eigenvalue weighted by Crippen LogP contribution is -2.40. The Morgan fingerprint density at radius 1 is 1.00 bits per heavy atom. The number of amides is 1. The Hall–Kier alpha value is -2.60. The van der Waals surface area contributed by atoms with Gasteiger partial charge < -0.3 is 20.7 Å². The van der Waals surface area contributed by atoms with E-state index in [-0.39, 0.29) is 5.91 Å². The van der Waals surface area contributed by atoms with Crippen molar-refractivity contribution in [3.05, 3.63) is 54.1 Å². The van der Waals surface area contributed by atoms with Crippen LogP contribution >= 0.6 is 12.2 Å². The van der Waals surface area contributed by atoms with Crippen LogP contribution < -0.4 is 20.7 Å². The van der Waals surface area contributed by atoms with E-state index in [1.165, 1.54) is 25.7 Å². The van der Waals surface area contributed by atoms with Crippen molar-refractivity contribution in [3.8, 4) is 5.75 Å². The molecular weight excluding hydrogens is 382 g/mol. The fourth-order valence-electron chi connectivity index (χ4n) is 4.47. The van der Waals surface area contributed by atoms with E-state index in [2.05, 4.69) is 16.0 Å². The highest BCUT2D eigenvalue weighted by Gasteiger charge is 2.39. The van der Waals surface area contributed by atoms with E-state index in [0.717, 1.165) is 29.0 Å². The van der Waals surface area contributed by atoms with Gasteiger partial charge in [-0.25, -0.2) is 0 Å². The molecule has 0 radical (unpaired) electrons. The van der Waals surface area contributed by atoms with Crippen LogP contribution in [0, 0.1) is 11.8 Å². The maximum atomic E-state index is 12.5. The van der Waals surface area contributed by atoms with Crippen LogP contribution in [-0.4, -0.2) is 23.7 Å². The van der Waals surface area contributed by atoms with Gasteiger partial charge in [0.05, 0.1) is 6.61 Å². The molecule has 0 aliphatic heterocycles. The Bertz CT molecular complexity index is 867. The van der Waals surface area contributed by atoms with E-state index in [9.17, 15) is 4.79 Å². The maximum absolute atomic E-state index is 12.5. The van der Waals surface area contributed by atoms with Crippen molar-refractivity contribution in [2.45, 2.75) is 38.6 Å². The highest BCUT2D eigenvalue weighted by atomic mass is 32.1. The zero-order valence-electron chi connectivity index (χ0n) is 16.6. The normalized spacial score (nSPS) is 22.2. The van der Waals surface area contributed by atoms with E-state index < -0.39 is 0 Å². The van der Waals surface area contributed by atoms with E-state index in [1.807, 2.05) is 43.3 Å². The molecule has 3 N–H and O–H groups in total. The molecule has 29 heavy (non-hydrogen) atoms. The Morgan fingerprint density at radius 2 is 1.69 bits per heavy atom. The molecule has 6 heteroatoms. The predicted molar refractivity (Wildman–Crippen MR) is 121 cm³/mol. The summed E-state index contributed by atoms with van der Waals surface area (Å²) >= 11 is 5.48. The number of carbonyl (C=O) groups is 1. The Morgan fingerprint density at radius 3 is 2.31 bits per heavy atom. The minimum Gasteiger partial charge on any atom is -0.494 e. The van der Waals surface area contributed by atoms with E-state index in [4.69, 9.17) is 17.0 Å². The molecule has 0 aromatic heterocycles. The number of rotatable bonds is 6. The van der Waals surface area contributed by atoms with Gasteiger partial charge in [-0.2, -0.15) is 0 Å². The van der Waals surface area contributed by atoms with Gasteiger partial charge in [-0.05, 0) is 98.8 Å². The first-order valence-corrected chi connectivity index (χ1v) is 10.7. The Labute approximate surface area is 177 Å². The van der Waals surface area contributed by atoms with Gasteiger partial charge in [0.25, 0.3) is 5.91 Å². The number of thiocarbonyl (C=S) groups is 1. The van der Waals surface area contributed by atoms with Crippen molar-refractivity contribution in [1.29, 1.82) is 0 Å². The van der Waals surface area contributed by atoms with Crippen LogP contribution in [0.5, 0.6) is 5.75 Å². The van der Waals surface area contributed by atoms with Gasteiger partial charge in [0, 0.05) is 23.0 Å². The first kappa shape index (κ1) is 19.7. The van der Waals surface area contributed by atoms with Gasteiger partial charge in [-0.3, -0.25) is 4.79 Å². The number of hydrogen-bond donors (Lipinski definition) is 3. The van der Waals surface area contributed by atoms with Gasteiger partial charge >= 0.3 is 0 Å². The van der Waals surface area contributed by atoms with Crippen molar-refractivity contribution in [2.24, 2.45) is 11.8 Å². The molecule has 5 nitrogen and oxygen atoms in total. The van der Waals surface area contributed by atoms with Crippen LogP contribution in [0.1, 0.15) is 43.0 Å². The van der Waals surface area contributed by atoms with Crippen molar-refractivity contribution in [1.82, 2.24) is 5.32 Å². The molecule has 4 rings (SSSR count). The maximum Gasteiger partial charge on any atom is 0.255 e. The van der Waals surface area contributed by atoms with Crippen LogP contribution in [-0.2, 0) is 0 Å². The van der Waals surface area contributed by atoms with Gasteiger partial charge in [-0.15, -0.1) is 0 Å². The SMILES string of the molecule is CCOc1ccc(NC(=O)c2ccc(NC(=S)N[C@@H]3C[C@@H]4CC[C@@H]3C4)cc2)cc1. The summed E-state index contributed by atoms with van der Waals surface area (Å²) in [6.45, 7) is 2.56. The largest absolute Gasteiger partial charge is 0.494 e. The molecule has 2 saturated carbocycles. The van der Waals surface area contributed by atoms with Crippen molar-refractivity contribution in [2.75, 3.05) is 17.2 Å². The zero-order chi connectivity index (χ0) is 20.2. The minimum absolute atomic E-state index is 0.150. The third kappa shape index (κ3) is 4.88. The molecular formula is C23H27N3O2S. The zero-order valence-corrected chi connectivity index (χ0v) is 17.4. The lowest BCUT2D eigenvalue weighted by Gasteiger charge is -2.24. The molecule has 1 amide bonds. The quantitative estimate of drug-likeness (QED) is 0.598. The summed E-state index contributed by atoms with van der Waals surface area (Å²) in [5.74, 6) is 2.29. The highest BCUT2D eigenvalue weighted by molar-refractivity contribution is 7.80.